The number of ether oxygens (including phenoxy) is 1. The summed E-state index contributed by atoms with van der Waals surface area (Å²) in [6.45, 7) is 7.03. The van der Waals surface area contributed by atoms with Crippen LogP contribution in [-0.2, 0) is 4.79 Å². The Morgan fingerprint density at radius 1 is 1.12 bits per heavy atom. The lowest BCUT2D eigenvalue weighted by atomic mass is 10.0. The summed E-state index contributed by atoms with van der Waals surface area (Å²) in [6.07, 6.45) is 1.64. The number of benzene rings is 2. The first-order valence-electron chi connectivity index (χ1n) is 8.47. The number of hydrazone groups is 1. The van der Waals surface area contributed by atoms with E-state index in [1.54, 1.807) is 6.21 Å². The standard InChI is InChI=1S/C20H25N3O2/c1-4-25-19-11-9-18(10-12-19)21-14-20(24)23-22-13-16-5-7-17(8-6-16)15(2)3/h5-13,15,21H,4,14H2,1-3H3,(H,23,24)/b22-13+. The molecule has 0 atom stereocenters. The largest absolute Gasteiger partial charge is 0.494 e. The first-order chi connectivity index (χ1) is 12.1. The second-order valence-electron chi connectivity index (χ2n) is 5.93. The lowest BCUT2D eigenvalue weighted by Crippen LogP contribution is -2.25. The molecule has 2 aromatic rings. The Morgan fingerprint density at radius 2 is 1.80 bits per heavy atom. The summed E-state index contributed by atoms with van der Waals surface area (Å²) in [7, 11) is 0. The lowest BCUT2D eigenvalue weighted by Gasteiger charge is -2.07. The van der Waals surface area contributed by atoms with Gasteiger partial charge in [-0.15, -0.1) is 0 Å². The molecule has 0 spiro atoms. The van der Waals surface area contributed by atoms with Crippen LogP contribution >= 0.6 is 0 Å². The number of nitrogens with zero attached hydrogens (tertiary/aromatic N) is 1. The second-order valence-corrected chi connectivity index (χ2v) is 5.93. The highest BCUT2D eigenvalue weighted by atomic mass is 16.5. The average molecular weight is 339 g/mol. The zero-order valence-corrected chi connectivity index (χ0v) is 15.0. The maximum absolute atomic E-state index is 11.8. The number of amides is 1. The minimum absolute atomic E-state index is 0.150. The molecule has 5 heteroatoms. The topological polar surface area (TPSA) is 62.7 Å². The molecule has 25 heavy (non-hydrogen) atoms. The molecule has 2 rings (SSSR count). The molecule has 2 aromatic carbocycles. The van der Waals surface area contributed by atoms with Gasteiger partial charge in [0, 0.05) is 5.69 Å². The maximum Gasteiger partial charge on any atom is 0.259 e. The van der Waals surface area contributed by atoms with Crippen LogP contribution < -0.4 is 15.5 Å². The van der Waals surface area contributed by atoms with Gasteiger partial charge >= 0.3 is 0 Å². The van der Waals surface area contributed by atoms with E-state index in [9.17, 15) is 4.79 Å². The molecule has 2 N–H and O–H groups in total. The molecule has 0 aliphatic rings. The predicted molar refractivity (Wildman–Crippen MR) is 102 cm³/mol. The quantitative estimate of drug-likeness (QED) is 0.568. The van der Waals surface area contributed by atoms with Gasteiger partial charge in [-0.2, -0.15) is 5.10 Å². The van der Waals surface area contributed by atoms with Gasteiger partial charge in [-0.25, -0.2) is 5.43 Å². The molecular formula is C20H25N3O2. The molecule has 0 aliphatic carbocycles. The van der Waals surface area contributed by atoms with Gasteiger partial charge in [0.1, 0.15) is 5.75 Å². The normalized spacial score (nSPS) is 10.9. The Morgan fingerprint density at radius 3 is 2.40 bits per heavy atom. The molecule has 132 valence electrons. The first-order valence-corrected chi connectivity index (χ1v) is 8.47. The monoisotopic (exact) mass is 339 g/mol. The highest BCUT2D eigenvalue weighted by Crippen LogP contribution is 2.15. The number of nitrogens with one attached hydrogen (secondary N) is 2. The molecule has 0 saturated heterocycles. The number of rotatable bonds is 8. The van der Waals surface area contributed by atoms with E-state index < -0.39 is 0 Å². The van der Waals surface area contributed by atoms with Crippen molar-refractivity contribution >= 4 is 17.8 Å². The Kier molecular flexibility index (Phi) is 7.01. The molecule has 0 aromatic heterocycles. The maximum atomic E-state index is 11.8. The van der Waals surface area contributed by atoms with E-state index in [-0.39, 0.29) is 12.5 Å². The Bertz CT molecular complexity index is 692. The van der Waals surface area contributed by atoms with Crippen LogP contribution in [0.4, 0.5) is 5.69 Å². The highest BCUT2D eigenvalue weighted by molar-refractivity contribution is 5.84. The highest BCUT2D eigenvalue weighted by Gasteiger charge is 2.01. The van der Waals surface area contributed by atoms with Crippen molar-refractivity contribution < 1.29 is 9.53 Å². The van der Waals surface area contributed by atoms with E-state index in [4.69, 9.17) is 4.74 Å². The Hall–Kier alpha value is -2.82. The Balaban J connectivity index is 1.76. The van der Waals surface area contributed by atoms with Crippen molar-refractivity contribution in [3.05, 3.63) is 59.7 Å². The van der Waals surface area contributed by atoms with Gasteiger partial charge in [0.2, 0.25) is 0 Å². The van der Waals surface area contributed by atoms with Crippen molar-refractivity contribution in [2.75, 3.05) is 18.5 Å². The number of carbonyl (C=O) groups excluding carboxylic acids is 1. The fraction of sp³-hybridized carbons (Fsp3) is 0.300. The summed E-state index contributed by atoms with van der Waals surface area (Å²) in [5.41, 5.74) is 5.59. The summed E-state index contributed by atoms with van der Waals surface area (Å²) in [4.78, 5) is 11.8. The lowest BCUT2D eigenvalue weighted by molar-refractivity contribution is -0.119. The van der Waals surface area contributed by atoms with Crippen LogP contribution in [0.1, 0.15) is 37.8 Å². The van der Waals surface area contributed by atoms with Gasteiger partial charge in [0.25, 0.3) is 5.91 Å². The van der Waals surface area contributed by atoms with Gasteiger partial charge in [-0.3, -0.25) is 4.79 Å². The first kappa shape index (κ1) is 18.5. The molecule has 0 heterocycles. The van der Waals surface area contributed by atoms with Crippen LogP contribution in [-0.4, -0.2) is 25.3 Å². The van der Waals surface area contributed by atoms with E-state index in [2.05, 4.69) is 41.8 Å². The molecule has 1 amide bonds. The van der Waals surface area contributed by atoms with E-state index in [0.717, 1.165) is 17.0 Å². The number of anilines is 1. The van der Waals surface area contributed by atoms with Gasteiger partial charge in [-0.05, 0) is 48.2 Å². The fourth-order valence-electron chi connectivity index (χ4n) is 2.20. The third-order valence-electron chi connectivity index (χ3n) is 3.62. The summed E-state index contributed by atoms with van der Waals surface area (Å²) < 4.78 is 5.38. The number of hydrogen-bond acceptors (Lipinski definition) is 4. The summed E-state index contributed by atoms with van der Waals surface area (Å²) >= 11 is 0. The third kappa shape index (κ3) is 6.30. The number of carbonyl (C=O) groups is 1. The van der Waals surface area contributed by atoms with Gasteiger partial charge in [0.15, 0.2) is 0 Å². The molecular weight excluding hydrogens is 314 g/mol. The van der Waals surface area contributed by atoms with Crippen molar-refractivity contribution in [3.8, 4) is 5.75 Å². The van der Waals surface area contributed by atoms with Crippen molar-refractivity contribution in [3.63, 3.8) is 0 Å². The van der Waals surface area contributed by atoms with Crippen LogP contribution in [0.25, 0.3) is 0 Å². The molecule has 0 aliphatic heterocycles. The molecule has 0 unspecified atom stereocenters. The smallest absolute Gasteiger partial charge is 0.259 e. The van der Waals surface area contributed by atoms with Gasteiger partial charge in [0.05, 0.1) is 19.4 Å². The minimum atomic E-state index is -0.205. The summed E-state index contributed by atoms with van der Waals surface area (Å²) in [6, 6.07) is 15.6. The summed E-state index contributed by atoms with van der Waals surface area (Å²) in [5, 5.41) is 7.02. The molecule has 5 nitrogen and oxygen atoms in total. The molecule has 0 saturated carbocycles. The third-order valence-corrected chi connectivity index (χ3v) is 3.62. The molecule has 0 bridgehead atoms. The molecule has 0 radical (unpaired) electrons. The van der Waals surface area contributed by atoms with Crippen molar-refractivity contribution in [1.82, 2.24) is 5.43 Å². The SMILES string of the molecule is CCOc1ccc(NCC(=O)N/N=C/c2ccc(C(C)C)cc2)cc1. The van der Waals surface area contributed by atoms with Crippen molar-refractivity contribution in [1.29, 1.82) is 0 Å². The van der Waals surface area contributed by atoms with E-state index in [0.29, 0.717) is 12.5 Å². The van der Waals surface area contributed by atoms with Crippen LogP contribution in [0.15, 0.2) is 53.6 Å². The van der Waals surface area contributed by atoms with E-state index in [1.165, 1.54) is 5.56 Å². The van der Waals surface area contributed by atoms with E-state index in [1.807, 2.05) is 43.3 Å². The zero-order valence-electron chi connectivity index (χ0n) is 15.0. The average Bonchev–Trinajstić information content (AvgIpc) is 2.62. The fourth-order valence-corrected chi connectivity index (χ4v) is 2.20. The van der Waals surface area contributed by atoms with Crippen LogP contribution in [0.5, 0.6) is 5.75 Å². The van der Waals surface area contributed by atoms with Crippen molar-refractivity contribution in [2.24, 2.45) is 5.10 Å². The van der Waals surface area contributed by atoms with Gasteiger partial charge < -0.3 is 10.1 Å². The van der Waals surface area contributed by atoms with Crippen LogP contribution in [0, 0.1) is 0 Å². The predicted octanol–water partition coefficient (Wildman–Crippen LogP) is 3.77. The van der Waals surface area contributed by atoms with Crippen molar-refractivity contribution in [2.45, 2.75) is 26.7 Å². The van der Waals surface area contributed by atoms with Crippen LogP contribution in [0.2, 0.25) is 0 Å². The summed E-state index contributed by atoms with van der Waals surface area (Å²) in [5.74, 6) is 1.11. The zero-order chi connectivity index (χ0) is 18.1. The minimum Gasteiger partial charge on any atom is -0.494 e. The number of hydrogen-bond donors (Lipinski definition) is 2. The second kappa shape index (κ2) is 9.47. The van der Waals surface area contributed by atoms with E-state index >= 15 is 0 Å². The van der Waals surface area contributed by atoms with Crippen LogP contribution in [0.3, 0.4) is 0 Å². The molecule has 0 fully saturated rings. The Labute approximate surface area is 149 Å². The van der Waals surface area contributed by atoms with Gasteiger partial charge in [-0.1, -0.05) is 38.1 Å².